The van der Waals surface area contributed by atoms with E-state index in [0.29, 0.717) is 12.6 Å². The van der Waals surface area contributed by atoms with Crippen molar-refractivity contribution in [2.24, 2.45) is 0 Å². The van der Waals surface area contributed by atoms with Crippen LogP contribution >= 0.6 is 15.9 Å². The van der Waals surface area contributed by atoms with Crippen LogP contribution in [0.2, 0.25) is 0 Å². The van der Waals surface area contributed by atoms with Crippen molar-refractivity contribution in [1.29, 1.82) is 0 Å². The molecule has 0 radical (unpaired) electrons. The summed E-state index contributed by atoms with van der Waals surface area (Å²) in [6.07, 6.45) is 3.63. The van der Waals surface area contributed by atoms with Crippen LogP contribution in [0.4, 0.5) is 0 Å². The second-order valence-electron chi connectivity index (χ2n) is 4.60. The van der Waals surface area contributed by atoms with Crippen molar-refractivity contribution >= 4 is 15.9 Å². The van der Waals surface area contributed by atoms with Crippen molar-refractivity contribution in [3.8, 4) is 5.75 Å². The summed E-state index contributed by atoms with van der Waals surface area (Å²) in [4.78, 5) is 4.14. The SMILES string of the molecule is CC(C)n1cncc1COc1ccc(CO)cc1Br. The summed E-state index contributed by atoms with van der Waals surface area (Å²) in [7, 11) is 0. The second kappa shape index (κ2) is 6.21. The lowest BCUT2D eigenvalue weighted by Gasteiger charge is -2.13. The van der Waals surface area contributed by atoms with Gasteiger partial charge in [0.2, 0.25) is 0 Å². The summed E-state index contributed by atoms with van der Waals surface area (Å²) < 4.78 is 8.70. The lowest BCUT2D eigenvalue weighted by molar-refractivity contribution is 0.279. The maximum Gasteiger partial charge on any atom is 0.134 e. The van der Waals surface area contributed by atoms with Crippen LogP contribution in [0.1, 0.15) is 31.1 Å². The summed E-state index contributed by atoms with van der Waals surface area (Å²) in [5, 5.41) is 9.06. The largest absolute Gasteiger partial charge is 0.486 e. The molecular formula is C14H17BrN2O2. The molecular weight excluding hydrogens is 308 g/mol. The number of aromatic nitrogens is 2. The number of hydrogen-bond acceptors (Lipinski definition) is 3. The maximum atomic E-state index is 9.06. The van der Waals surface area contributed by atoms with E-state index in [2.05, 4.69) is 39.3 Å². The Morgan fingerprint density at radius 1 is 1.42 bits per heavy atom. The van der Waals surface area contributed by atoms with Crippen LogP contribution in [0.15, 0.2) is 35.2 Å². The van der Waals surface area contributed by atoms with Gasteiger partial charge in [-0.05, 0) is 47.5 Å². The summed E-state index contributed by atoms with van der Waals surface area (Å²) in [5.41, 5.74) is 1.89. The smallest absolute Gasteiger partial charge is 0.134 e. The summed E-state index contributed by atoms with van der Waals surface area (Å²) in [6, 6.07) is 5.92. The third-order valence-electron chi connectivity index (χ3n) is 2.86. The van der Waals surface area contributed by atoms with Gasteiger partial charge in [0.25, 0.3) is 0 Å². The summed E-state index contributed by atoms with van der Waals surface area (Å²) in [6.45, 7) is 4.71. The van der Waals surface area contributed by atoms with Gasteiger partial charge in [0.1, 0.15) is 12.4 Å². The zero-order valence-corrected chi connectivity index (χ0v) is 12.6. The lowest BCUT2D eigenvalue weighted by atomic mass is 10.2. The first-order valence-electron chi connectivity index (χ1n) is 6.14. The van der Waals surface area contributed by atoms with Gasteiger partial charge in [0.15, 0.2) is 0 Å². The third kappa shape index (κ3) is 3.36. The number of aliphatic hydroxyl groups is 1. The van der Waals surface area contributed by atoms with Gasteiger partial charge in [0.05, 0.1) is 29.3 Å². The topological polar surface area (TPSA) is 47.3 Å². The van der Waals surface area contributed by atoms with Crippen LogP contribution in [0.25, 0.3) is 0 Å². The Labute approximate surface area is 121 Å². The highest BCUT2D eigenvalue weighted by molar-refractivity contribution is 9.10. The molecule has 0 fully saturated rings. The highest BCUT2D eigenvalue weighted by atomic mass is 79.9. The Morgan fingerprint density at radius 3 is 2.84 bits per heavy atom. The van der Waals surface area contributed by atoms with Crippen LogP contribution in [-0.4, -0.2) is 14.7 Å². The fraction of sp³-hybridized carbons (Fsp3) is 0.357. The van der Waals surface area contributed by atoms with Gasteiger partial charge in [0, 0.05) is 6.04 Å². The predicted octanol–water partition coefficient (Wildman–Crippen LogP) is 3.30. The van der Waals surface area contributed by atoms with E-state index >= 15 is 0 Å². The van der Waals surface area contributed by atoms with Crippen molar-refractivity contribution < 1.29 is 9.84 Å². The molecule has 0 amide bonds. The van der Waals surface area contributed by atoms with E-state index in [1.807, 2.05) is 30.7 Å². The average molecular weight is 325 g/mol. The van der Waals surface area contributed by atoms with E-state index in [1.54, 1.807) is 0 Å². The second-order valence-corrected chi connectivity index (χ2v) is 5.45. The molecule has 0 spiro atoms. The van der Waals surface area contributed by atoms with E-state index in [1.165, 1.54) is 0 Å². The minimum absolute atomic E-state index is 0.0268. The molecule has 0 aliphatic rings. The first-order valence-corrected chi connectivity index (χ1v) is 6.94. The number of ether oxygens (including phenoxy) is 1. The fourth-order valence-corrected chi connectivity index (χ4v) is 2.36. The number of halogens is 1. The van der Waals surface area contributed by atoms with E-state index < -0.39 is 0 Å². The molecule has 0 unspecified atom stereocenters. The van der Waals surface area contributed by atoms with Gasteiger partial charge >= 0.3 is 0 Å². The molecule has 4 nitrogen and oxygen atoms in total. The van der Waals surface area contributed by atoms with Gasteiger partial charge in [-0.1, -0.05) is 6.07 Å². The number of rotatable bonds is 5. The average Bonchev–Trinajstić information content (AvgIpc) is 2.85. The van der Waals surface area contributed by atoms with Crippen molar-refractivity contribution in [2.75, 3.05) is 0 Å². The van der Waals surface area contributed by atoms with Crippen LogP contribution < -0.4 is 4.74 Å². The van der Waals surface area contributed by atoms with Crippen molar-refractivity contribution in [2.45, 2.75) is 33.1 Å². The Morgan fingerprint density at radius 2 is 2.21 bits per heavy atom. The van der Waals surface area contributed by atoms with Crippen LogP contribution in [0.3, 0.4) is 0 Å². The Kier molecular flexibility index (Phi) is 4.61. The molecule has 0 bridgehead atoms. The van der Waals surface area contributed by atoms with Gasteiger partial charge in [-0.3, -0.25) is 0 Å². The number of nitrogens with zero attached hydrogens (tertiary/aromatic N) is 2. The Bertz CT molecular complexity index is 552. The molecule has 2 rings (SSSR count). The maximum absolute atomic E-state index is 9.06. The van der Waals surface area contributed by atoms with Crippen molar-refractivity contribution in [3.05, 3.63) is 46.5 Å². The van der Waals surface area contributed by atoms with E-state index in [-0.39, 0.29) is 6.61 Å². The van der Waals surface area contributed by atoms with E-state index in [9.17, 15) is 0 Å². The molecule has 1 aromatic carbocycles. The zero-order valence-electron chi connectivity index (χ0n) is 11.0. The normalized spacial score (nSPS) is 11.0. The monoisotopic (exact) mass is 324 g/mol. The molecule has 0 saturated carbocycles. The molecule has 1 N–H and O–H groups in total. The Hall–Kier alpha value is -1.33. The van der Waals surface area contributed by atoms with Crippen molar-refractivity contribution in [1.82, 2.24) is 9.55 Å². The fourth-order valence-electron chi connectivity index (χ4n) is 1.82. The van der Waals surface area contributed by atoms with Gasteiger partial charge in [-0.25, -0.2) is 4.98 Å². The minimum atomic E-state index is 0.0268. The quantitative estimate of drug-likeness (QED) is 0.917. The molecule has 5 heteroatoms. The molecule has 2 aromatic rings. The highest BCUT2D eigenvalue weighted by Gasteiger charge is 2.08. The first kappa shape index (κ1) is 14.1. The Balaban J connectivity index is 2.08. The molecule has 1 heterocycles. The van der Waals surface area contributed by atoms with E-state index in [4.69, 9.17) is 9.84 Å². The molecule has 0 atom stereocenters. The van der Waals surface area contributed by atoms with Gasteiger partial charge in [-0.15, -0.1) is 0 Å². The molecule has 1 aromatic heterocycles. The molecule has 102 valence electrons. The number of benzene rings is 1. The number of aliphatic hydroxyl groups excluding tert-OH is 1. The molecule has 0 aliphatic carbocycles. The highest BCUT2D eigenvalue weighted by Crippen LogP contribution is 2.27. The van der Waals surface area contributed by atoms with Crippen LogP contribution in [0.5, 0.6) is 5.75 Å². The molecule has 19 heavy (non-hydrogen) atoms. The van der Waals surface area contributed by atoms with Crippen LogP contribution in [0, 0.1) is 0 Å². The van der Waals surface area contributed by atoms with Gasteiger partial charge < -0.3 is 14.4 Å². The lowest BCUT2D eigenvalue weighted by Crippen LogP contribution is -2.07. The minimum Gasteiger partial charge on any atom is -0.486 e. The van der Waals surface area contributed by atoms with Crippen LogP contribution in [-0.2, 0) is 13.2 Å². The first-order chi connectivity index (χ1) is 9.11. The summed E-state index contributed by atoms with van der Waals surface area (Å²) in [5.74, 6) is 0.758. The standard InChI is InChI=1S/C14H17BrN2O2/c1-10(2)17-9-16-6-12(17)8-19-14-4-3-11(7-18)5-13(14)15/h3-6,9-10,18H,7-8H2,1-2H3. The van der Waals surface area contributed by atoms with Crippen molar-refractivity contribution in [3.63, 3.8) is 0 Å². The van der Waals surface area contributed by atoms with E-state index in [0.717, 1.165) is 21.5 Å². The molecule has 0 saturated heterocycles. The summed E-state index contributed by atoms with van der Waals surface area (Å²) >= 11 is 3.44. The number of imidazole rings is 1. The van der Waals surface area contributed by atoms with Gasteiger partial charge in [-0.2, -0.15) is 0 Å². The molecule has 0 aliphatic heterocycles. The predicted molar refractivity (Wildman–Crippen MR) is 77.0 cm³/mol. The third-order valence-corrected chi connectivity index (χ3v) is 3.48. The zero-order chi connectivity index (χ0) is 13.8. The number of hydrogen-bond donors (Lipinski definition) is 1.